The number of thioether (sulfide) groups is 1. The molecule has 1 aromatic carbocycles. The number of nitro groups is 1. The van der Waals surface area contributed by atoms with Crippen LogP contribution in [0.15, 0.2) is 29.3 Å². The molecule has 6 nitrogen and oxygen atoms in total. The fourth-order valence-electron chi connectivity index (χ4n) is 2.61. The second-order valence-corrected chi connectivity index (χ2v) is 7.89. The summed E-state index contributed by atoms with van der Waals surface area (Å²) in [6.45, 7) is 9.44. The number of benzene rings is 1. The van der Waals surface area contributed by atoms with Crippen molar-refractivity contribution in [3.05, 3.63) is 39.9 Å². The predicted octanol–water partition coefficient (Wildman–Crippen LogP) is 3.51. The van der Waals surface area contributed by atoms with E-state index in [1.54, 1.807) is 12.1 Å². The third-order valence-corrected chi connectivity index (χ3v) is 4.94. The molecule has 1 heterocycles. The Morgan fingerprint density at radius 2 is 2.17 bits per heavy atom. The molecule has 0 aromatic heterocycles. The standard InChI is InChI=1S/C16H24N4O2S.HI/c1-4-17-15(19-9-10-23-16(2,3)12-19)18-11-13-7-5-6-8-14(13)20(21)22;/h5-8H,4,9-12H2,1-3H3,(H,17,18);1H. The Morgan fingerprint density at radius 1 is 1.46 bits per heavy atom. The molecule has 0 spiro atoms. The summed E-state index contributed by atoms with van der Waals surface area (Å²) in [6.07, 6.45) is 0. The molecule has 1 fully saturated rings. The SMILES string of the molecule is CCNC(=NCc1ccccc1[N+](=O)[O-])N1CCSC(C)(C)C1.I. The van der Waals surface area contributed by atoms with Crippen LogP contribution in [0, 0.1) is 10.1 Å². The number of guanidine groups is 1. The average Bonchev–Trinajstić information content (AvgIpc) is 2.50. The molecule has 24 heavy (non-hydrogen) atoms. The minimum atomic E-state index is -0.349. The number of aliphatic imine (C=N–C) groups is 1. The topological polar surface area (TPSA) is 70.8 Å². The lowest BCUT2D eigenvalue weighted by Crippen LogP contribution is -2.50. The normalized spacial score (nSPS) is 17.1. The van der Waals surface area contributed by atoms with Crippen LogP contribution in [-0.4, -0.2) is 45.9 Å². The number of hydrogen-bond acceptors (Lipinski definition) is 4. The number of halogens is 1. The van der Waals surface area contributed by atoms with Crippen LogP contribution in [0.2, 0.25) is 0 Å². The number of rotatable bonds is 4. The van der Waals surface area contributed by atoms with Gasteiger partial charge in [-0.2, -0.15) is 11.8 Å². The van der Waals surface area contributed by atoms with E-state index in [2.05, 4.69) is 29.1 Å². The van der Waals surface area contributed by atoms with Crippen LogP contribution in [0.25, 0.3) is 0 Å². The molecule has 1 aliphatic rings. The van der Waals surface area contributed by atoms with Crippen molar-refractivity contribution < 1.29 is 4.92 Å². The van der Waals surface area contributed by atoms with E-state index in [1.807, 2.05) is 24.8 Å². The Kier molecular flexibility index (Phi) is 8.28. The lowest BCUT2D eigenvalue weighted by molar-refractivity contribution is -0.385. The first-order valence-corrected chi connectivity index (χ1v) is 8.81. The summed E-state index contributed by atoms with van der Waals surface area (Å²) in [5.41, 5.74) is 0.764. The predicted molar refractivity (Wildman–Crippen MR) is 111 cm³/mol. The molecule has 1 N–H and O–H groups in total. The van der Waals surface area contributed by atoms with E-state index in [1.165, 1.54) is 6.07 Å². The van der Waals surface area contributed by atoms with Gasteiger partial charge in [-0.15, -0.1) is 24.0 Å². The average molecular weight is 464 g/mol. The molecule has 8 heteroatoms. The van der Waals surface area contributed by atoms with Crippen LogP contribution >= 0.6 is 35.7 Å². The number of para-hydroxylation sites is 1. The van der Waals surface area contributed by atoms with Crippen molar-refractivity contribution >= 4 is 47.4 Å². The van der Waals surface area contributed by atoms with Gasteiger partial charge in [-0.05, 0) is 20.8 Å². The summed E-state index contributed by atoms with van der Waals surface area (Å²) in [4.78, 5) is 17.6. The van der Waals surface area contributed by atoms with Crippen molar-refractivity contribution in [3.63, 3.8) is 0 Å². The van der Waals surface area contributed by atoms with Crippen LogP contribution in [0.3, 0.4) is 0 Å². The van der Waals surface area contributed by atoms with Crippen molar-refractivity contribution in [2.45, 2.75) is 32.1 Å². The van der Waals surface area contributed by atoms with Gasteiger partial charge in [-0.3, -0.25) is 10.1 Å². The van der Waals surface area contributed by atoms with Crippen LogP contribution < -0.4 is 5.32 Å². The maximum absolute atomic E-state index is 11.1. The second-order valence-electron chi connectivity index (χ2n) is 6.09. The Bertz CT molecular complexity index is 595. The lowest BCUT2D eigenvalue weighted by Gasteiger charge is -2.39. The zero-order valence-electron chi connectivity index (χ0n) is 14.3. The molecule has 2 rings (SSSR count). The molecule has 1 saturated heterocycles. The molecule has 0 atom stereocenters. The maximum atomic E-state index is 11.1. The van der Waals surface area contributed by atoms with Crippen molar-refractivity contribution in [3.8, 4) is 0 Å². The summed E-state index contributed by atoms with van der Waals surface area (Å²) in [6, 6.07) is 6.78. The molecular weight excluding hydrogens is 439 g/mol. The highest BCUT2D eigenvalue weighted by Crippen LogP contribution is 2.29. The smallest absolute Gasteiger partial charge is 0.274 e. The molecule has 134 valence electrons. The van der Waals surface area contributed by atoms with Crippen molar-refractivity contribution in [1.82, 2.24) is 10.2 Å². The van der Waals surface area contributed by atoms with E-state index in [-0.39, 0.29) is 39.3 Å². The van der Waals surface area contributed by atoms with E-state index in [4.69, 9.17) is 0 Å². The first-order valence-electron chi connectivity index (χ1n) is 7.82. The molecule has 0 unspecified atom stereocenters. The lowest BCUT2D eigenvalue weighted by atomic mass is 10.2. The Labute approximate surface area is 164 Å². The molecule has 1 aromatic rings. The Balaban J connectivity index is 0.00000288. The highest BCUT2D eigenvalue weighted by Gasteiger charge is 2.28. The van der Waals surface area contributed by atoms with Gasteiger partial charge in [-0.25, -0.2) is 4.99 Å². The summed E-state index contributed by atoms with van der Waals surface area (Å²) >= 11 is 1.97. The van der Waals surface area contributed by atoms with E-state index in [0.717, 1.165) is 31.3 Å². The summed E-state index contributed by atoms with van der Waals surface area (Å²) < 4.78 is 0.188. The zero-order valence-corrected chi connectivity index (χ0v) is 17.5. The van der Waals surface area contributed by atoms with Gasteiger partial charge in [0, 0.05) is 36.2 Å². The van der Waals surface area contributed by atoms with Gasteiger partial charge in [0.2, 0.25) is 0 Å². The van der Waals surface area contributed by atoms with Crippen LogP contribution in [0.4, 0.5) is 5.69 Å². The van der Waals surface area contributed by atoms with E-state index in [9.17, 15) is 10.1 Å². The third-order valence-electron chi connectivity index (χ3n) is 3.65. The molecular formula is C16H25IN4O2S. The van der Waals surface area contributed by atoms with E-state index >= 15 is 0 Å². The van der Waals surface area contributed by atoms with E-state index in [0.29, 0.717) is 12.1 Å². The Morgan fingerprint density at radius 3 is 2.79 bits per heavy atom. The fraction of sp³-hybridized carbons (Fsp3) is 0.562. The van der Waals surface area contributed by atoms with Crippen LogP contribution in [0.1, 0.15) is 26.3 Å². The summed E-state index contributed by atoms with van der Waals surface area (Å²) in [5.74, 6) is 1.89. The highest BCUT2D eigenvalue weighted by atomic mass is 127. The van der Waals surface area contributed by atoms with Gasteiger partial charge in [-0.1, -0.05) is 18.2 Å². The number of nitro benzene ring substituents is 1. The first-order chi connectivity index (χ1) is 10.9. The molecule has 0 radical (unpaired) electrons. The quantitative estimate of drug-likeness (QED) is 0.243. The van der Waals surface area contributed by atoms with Gasteiger partial charge in [0.25, 0.3) is 5.69 Å². The largest absolute Gasteiger partial charge is 0.357 e. The van der Waals surface area contributed by atoms with Crippen molar-refractivity contribution in [2.24, 2.45) is 4.99 Å². The van der Waals surface area contributed by atoms with Gasteiger partial charge in [0.05, 0.1) is 17.0 Å². The van der Waals surface area contributed by atoms with Crippen LogP contribution in [0.5, 0.6) is 0 Å². The van der Waals surface area contributed by atoms with Gasteiger partial charge < -0.3 is 10.2 Å². The monoisotopic (exact) mass is 464 g/mol. The second kappa shape index (κ2) is 9.45. The summed E-state index contributed by atoms with van der Waals surface area (Å²) in [5, 5.41) is 14.4. The van der Waals surface area contributed by atoms with Crippen LogP contribution in [-0.2, 0) is 6.54 Å². The molecule has 0 saturated carbocycles. The number of nitrogens with one attached hydrogen (secondary N) is 1. The molecule has 0 amide bonds. The van der Waals surface area contributed by atoms with Gasteiger partial charge in [0.15, 0.2) is 5.96 Å². The van der Waals surface area contributed by atoms with Gasteiger partial charge in [0.1, 0.15) is 0 Å². The zero-order chi connectivity index (χ0) is 16.9. The first kappa shape index (κ1) is 21.0. The highest BCUT2D eigenvalue weighted by molar-refractivity contribution is 14.0. The van der Waals surface area contributed by atoms with Crippen molar-refractivity contribution in [2.75, 3.05) is 25.4 Å². The molecule has 1 aliphatic heterocycles. The minimum Gasteiger partial charge on any atom is -0.357 e. The van der Waals surface area contributed by atoms with E-state index < -0.39 is 0 Å². The van der Waals surface area contributed by atoms with Crippen molar-refractivity contribution in [1.29, 1.82) is 0 Å². The molecule has 0 bridgehead atoms. The Hall–Kier alpha value is -1.03. The maximum Gasteiger partial charge on any atom is 0.274 e. The number of nitrogens with zero attached hydrogens (tertiary/aromatic N) is 3. The van der Waals surface area contributed by atoms with Gasteiger partial charge >= 0.3 is 0 Å². The fourth-order valence-corrected chi connectivity index (χ4v) is 3.72. The minimum absolute atomic E-state index is 0. The number of hydrogen-bond donors (Lipinski definition) is 1. The third kappa shape index (κ3) is 5.80. The summed E-state index contributed by atoms with van der Waals surface area (Å²) in [7, 11) is 0. The molecule has 0 aliphatic carbocycles.